The molecule has 1 rings (SSSR count). The molecule has 0 fully saturated rings. The average molecular weight is 173 g/mol. The molecular formula is C11H11NO. The Bertz CT molecular complexity index is 374. The van der Waals surface area contributed by atoms with Gasteiger partial charge in [0.05, 0.1) is 6.42 Å². The maximum atomic E-state index is 11.3. The lowest BCUT2D eigenvalue weighted by atomic mass is 10.0. The normalized spacial score (nSPS) is 9.23. The van der Waals surface area contributed by atoms with Gasteiger partial charge in [0.15, 0.2) is 5.78 Å². The van der Waals surface area contributed by atoms with E-state index in [4.69, 9.17) is 12.2 Å². The molecule has 0 atom stereocenters. The summed E-state index contributed by atoms with van der Waals surface area (Å²) in [7, 11) is 0. The number of rotatable bonds is 2. The number of ketones is 1. The molecule has 13 heavy (non-hydrogen) atoms. The number of nitrogens with two attached hydrogens (primary N) is 1. The first kappa shape index (κ1) is 9.34. The monoisotopic (exact) mass is 173 g/mol. The highest BCUT2D eigenvalue weighted by atomic mass is 16.1. The third-order valence-electron chi connectivity index (χ3n) is 1.85. The van der Waals surface area contributed by atoms with E-state index in [0.29, 0.717) is 11.3 Å². The molecule has 0 unspecified atom stereocenters. The van der Waals surface area contributed by atoms with Crippen molar-refractivity contribution in [2.45, 2.75) is 13.3 Å². The van der Waals surface area contributed by atoms with Gasteiger partial charge >= 0.3 is 0 Å². The first-order chi connectivity index (χ1) is 6.15. The van der Waals surface area contributed by atoms with Crippen molar-refractivity contribution in [3.05, 3.63) is 29.3 Å². The van der Waals surface area contributed by atoms with Crippen molar-refractivity contribution in [1.82, 2.24) is 0 Å². The largest absolute Gasteiger partial charge is 0.399 e. The summed E-state index contributed by atoms with van der Waals surface area (Å²) in [4.78, 5) is 11.3. The lowest BCUT2D eigenvalue weighted by molar-refractivity contribution is 0.0998. The van der Waals surface area contributed by atoms with E-state index in [9.17, 15) is 4.79 Å². The van der Waals surface area contributed by atoms with E-state index in [-0.39, 0.29) is 12.2 Å². The smallest absolute Gasteiger partial charge is 0.174 e. The number of carbonyl (C=O) groups is 1. The molecule has 0 bridgehead atoms. The summed E-state index contributed by atoms with van der Waals surface area (Å²) in [6.45, 7) is 1.86. The van der Waals surface area contributed by atoms with Crippen LogP contribution >= 0.6 is 0 Å². The van der Waals surface area contributed by atoms with Crippen molar-refractivity contribution < 1.29 is 4.79 Å². The highest BCUT2D eigenvalue weighted by Gasteiger charge is 2.04. The Hall–Kier alpha value is -1.75. The molecule has 66 valence electrons. The van der Waals surface area contributed by atoms with E-state index >= 15 is 0 Å². The van der Waals surface area contributed by atoms with Crippen LogP contribution in [-0.2, 0) is 0 Å². The molecule has 0 aliphatic carbocycles. The number of anilines is 1. The van der Waals surface area contributed by atoms with Gasteiger partial charge in [-0.15, -0.1) is 6.42 Å². The van der Waals surface area contributed by atoms with Crippen molar-refractivity contribution in [3.8, 4) is 12.3 Å². The van der Waals surface area contributed by atoms with Gasteiger partial charge in [0.2, 0.25) is 0 Å². The zero-order chi connectivity index (χ0) is 9.84. The van der Waals surface area contributed by atoms with Crippen LogP contribution in [0.1, 0.15) is 22.3 Å². The van der Waals surface area contributed by atoms with Crippen LogP contribution in [0.2, 0.25) is 0 Å². The number of aryl methyl sites for hydroxylation is 1. The number of carbonyl (C=O) groups excluding carboxylic acids is 1. The zero-order valence-corrected chi connectivity index (χ0v) is 7.50. The summed E-state index contributed by atoms with van der Waals surface area (Å²) in [5.74, 6) is 2.28. The van der Waals surface area contributed by atoms with E-state index in [2.05, 4.69) is 5.92 Å². The van der Waals surface area contributed by atoms with Crippen LogP contribution in [0.5, 0.6) is 0 Å². The van der Waals surface area contributed by atoms with E-state index in [0.717, 1.165) is 5.56 Å². The number of benzene rings is 1. The Morgan fingerprint density at radius 3 is 2.85 bits per heavy atom. The van der Waals surface area contributed by atoms with Gasteiger partial charge in [-0.25, -0.2) is 0 Å². The summed E-state index contributed by atoms with van der Waals surface area (Å²) in [6, 6.07) is 5.18. The standard InChI is InChI=1S/C11H11NO/c1-3-4-11(13)9-5-6-10(12)8(2)7-9/h1,5-7H,4,12H2,2H3. The fourth-order valence-corrected chi connectivity index (χ4v) is 1.04. The zero-order valence-electron chi connectivity index (χ0n) is 7.50. The van der Waals surface area contributed by atoms with Gasteiger partial charge in [0.25, 0.3) is 0 Å². The van der Waals surface area contributed by atoms with Crippen molar-refractivity contribution >= 4 is 11.5 Å². The van der Waals surface area contributed by atoms with Gasteiger partial charge in [-0.2, -0.15) is 0 Å². The summed E-state index contributed by atoms with van der Waals surface area (Å²) < 4.78 is 0. The average Bonchev–Trinajstić information content (AvgIpc) is 2.10. The van der Waals surface area contributed by atoms with Crippen LogP contribution in [-0.4, -0.2) is 5.78 Å². The molecule has 0 spiro atoms. The van der Waals surface area contributed by atoms with Crippen molar-refractivity contribution in [2.24, 2.45) is 0 Å². The van der Waals surface area contributed by atoms with Gasteiger partial charge in [0, 0.05) is 11.3 Å². The Kier molecular flexibility index (Phi) is 2.71. The van der Waals surface area contributed by atoms with Crippen LogP contribution in [0.25, 0.3) is 0 Å². The predicted octanol–water partition coefficient (Wildman–Crippen LogP) is 1.78. The van der Waals surface area contributed by atoms with Crippen molar-refractivity contribution in [3.63, 3.8) is 0 Å². The van der Waals surface area contributed by atoms with Crippen molar-refractivity contribution in [2.75, 3.05) is 5.73 Å². The van der Waals surface area contributed by atoms with Crippen LogP contribution in [0.3, 0.4) is 0 Å². The number of hydrogen-bond donors (Lipinski definition) is 1. The molecule has 0 saturated carbocycles. The third-order valence-corrected chi connectivity index (χ3v) is 1.85. The fraction of sp³-hybridized carbons (Fsp3) is 0.182. The molecule has 2 nitrogen and oxygen atoms in total. The number of nitrogen functional groups attached to an aromatic ring is 1. The number of terminal acetylenes is 1. The molecule has 2 N–H and O–H groups in total. The first-order valence-electron chi connectivity index (χ1n) is 3.98. The quantitative estimate of drug-likeness (QED) is 0.421. The molecule has 2 heteroatoms. The first-order valence-corrected chi connectivity index (χ1v) is 3.98. The second-order valence-electron chi connectivity index (χ2n) is 2.88. The minimum Gasteiger partial charge on any atom is -0.399 e. The molecule has 0 aliphatic heterocycles. The van der Waals surface area contributed by atoms with Gasteiger partial charge in [-0.1, -0.05) is 5.92 Å². The Morgan fingerprint density at radius 1 is 1.62 bits per heavy atom. The maximum Gasteiger partial charge on any atom is 0.174 e. The molecule has 0 heterocycles. The Morgan fingerprint density at radius 2 is 2.31 bits per heavy atom. The molecule has 0 amide bonds. The highest BCUT2D eigenvalue weighted by Crippen LogP contribution is 2.13. The minimum atomic E-state index is -0.0365. The Balaban J connectivity index is 2.98. The van der Waals surface area contributed by atoms with Crippen LogP contribution < -0.4 is 5.73 Å². The van der Waals surface area contributed by atoms with E-state index in [1.807, 2.05) is 6.92 Å². The molecule has 0 aromatic heterocycles. The van der Waals surface area contributed by atoms with Gasteiger partial charge < -0.3 is 5.73 Å². The van der Waals surface area contributed by atoms with Crippen molar-refractivity contribution in [1.29, 1.82) is 0 Å². The SMILES string of the molecule is C#CCC(=O)c1ccc(N)c(C)c1. The lowest BCUT2D eigenvalue weighted by Gasteiger charge is -2.01. The van der Waals surface area contributed by atoms with Gasteiger partial charge in [0.1, 0.15) is 0 Å². The lowest BCUT2D eigenvalue weighted by Crippen LogP contribution is -1.99. The topological polar surface area (TPSA) is 43.1 Å². The number of hydrogen-bond acceptors (Lipinski definition) is 2. The maximum absolute atomic E-state index is 11.3. The van der Waals surface area contributed by atoms with E-state index in [1.165, 1.54) is 0 Å². The predicted molar refractivity (Wildman–Crippen MR) is 53.4 cm³/mol. The summed E-state index contributed by atoms with van der Waals surface area (Å²) in [5.41, 5.74) is 7.84. The fourth-order valence-electron chi connectivity index (χ4n) is 1.04. The van der Waals surface area contributed by atoms with Crippen LogP contribution in [0, 0.1) is 19.3 Å². The second kappa shape index (κ2) is 3.77. The molecule has 1 aromatic carbocycles. The number of Topliss-reactive ketones (excluding diaryl/α,β-unsaturated/α-hetero) is 1. The van der Waals surface area contributed by atoms with Crippen LogP contribution in [0.4, 0.5) is 5.69 Å². The van der Waals surface area contributed by atoms with Gasteiger partial charge in [-0.05, 0) is 30.7 Å². The molecule has 0 aliphatic rings. The Labute approximate surface area is 77.8 Å². The molecule has 0 radical (unpaired) electrons. The summed E-state index contributed by atoms with van der Waals surface area (Å²) >= 11 is 0. The molecule has 1 aromatic rings. The summed E-state index contributed by atoms with van der Waals surface area (Å²) in [5, 5.41) is 0. The second-order valence-corrected chi connectivity index (χ2v) is 2.88. The molecule has 0 saturated heterocycles. The summed E-state index contributed by atoms with van der Waals surface area (Å²) in [6.07, 6.45) is 5.18. The minimum absolute atomic E-state index is 0.0365. The van der Waals surface area contributed by atoms with E-state index in [1.54, 1.807) is 18.2 Å². The van der Waals surface area contributed by atoms with E-state index < -0.39 is 0 Å². The van der Waals surface area contributed by atoms with Gasteiger partial charge in [-0.3, -0.25) is 4.79 Å². The molecular weight excluding hydrogens is 162 g/mol. The third kappa shape index (κ3) is 2.09. The van der Waals surface area contributed by atoms with Crippen LogP contribution in [0.15, 0.2) is 18.2 Å². The highest BCUT2D eigenvalue weighted by molar-refractivity contribution is 5.98.